The van der Waals surface area contributed by atoms with Gasteiger partial charge in [-0.3, -0.25) is 14.4 Å². The highest BCUT2D eigenvalue weighted by Crippen LogP contribution is 1.78. The molecule has 0 aliphatic heterocycles. The maximum Gasteiger partial charge on any atom is 0.302 e. The van der Waals surface area contributed by atoms with Crippen LogP contribution in [0.5, 0.6) is 0 Å². The van der Waals surface area contributed by atoms with E-state index in [2.05, 4.69) is 4.74 Å². The fourth-order valence-corrected chi connectivity index (χ4v) is 0.246. The highest BCUT2D eigenvalue weighted by atomic mass is 16.5. The first-order valence-corrected chi connectivity index (χ1v) is 5.15. The zero-order valence-corrected chi connectivity index (χ0v) is 10.9. The summed E-state index contributed by atoms with van der Waals surface area (Å²) in [7, 11) is 0. The summed E-state index contributed by atoms with van der Waals surface area (Å²) < 4.78 is 4.55. The maximum atomic E-state index is 9.98. The molecule has 0 aromatic heterocycles. The molecule has 17 heavy (non-hydrogen) atoms. The summed E-state index contributed by atoms with van der Waals surface area (Å²) >= 11 is 0. The molecule has 0 aromatic rings. The molecule has 0 aromatic carbocycles. The number of rotatable bonds is 4. The lowest BCUT2D eigenvalue weighted by Gasteiger charge is -1.93. The normalized spacial score (nSPS) is 7.88. The molecule has 0 atom stereocenters. The second-order valence-corrected chi connectivity index (χ2v) is 3.06. The second-order valence-electron chi connectivity index (χ2n) is 3.06. The quantitative estimate of drug-likeness (QED) is 0.686. The molecule has 6 heteroatoms. The van der Waals surface area contributed by atoms with Gasteiger partial charge < -0.3 is 14.9 Å². The highest BCUT2D eigenvalue weighted by molar-refractivity contribution is 5.76. The number of aliphatic hydroxyl groups is 2. The number of aliphatic hydroxyl groups excluding tert-OH is 2. The van der Waals surface area contributed by atoms with Crippen LogP contribution in [0, 0.1) is 0 Å². The van der Waals surface area contributed by atoms with E-state index in [-0.39, 0.29) is 30.7 Å². The van der Waals surface area contributed by atoms with Crippen LogP contribution in [0.1, 0.15) is 34.1 Å². The standard InChI is InChI=1S/C5H10O2.2C3H6O2/c1-3-4-7-5(2)6;2*1-3(5)2-4/h3-4H2,1-2H3;2*4H,2H2,1H3. The minimum atomic E-state index is -0.333. The summed E-state index contributed by atoms with van der Waals surface area (Å²) in [6, 6.07) is 0. The average molecular weight is 250 g/mol. The van der Waals surface area contributed by atoms with Crippen LogP contribution in [0.15, 0.2) is 0 Å². The Morgan fingerprint density at radius 3 is 1.29 bits per heavy atom. The number of hydrogen-bond acceptors (Lipinski definition) is 6. The highest BCUT2D eigenvalue weighted by Gasteiger charge is 1.85. The molecule has 6 nitrogen and oxygen atoms in total. The Balaban J connectivity index is -0.000000177. The maximum absolute atomic E-state index is 9.98. The van der Waals surface area contributed by atoms with Crippen LogP contribution < -0.4 is 0 Å². The van der Waals surface area contributed by atoms with Crippen molar-refractivity contribution in [2.45, 2.75) is 34.1 Å². The fraction of sp³-hybridized carbons (Fsp3) is 0.727. The minimum absolute atomic E-state index is 0.190. The molecule has 0 bridgehead atoms. The lowest BCUT2D eigenvalue weighted by atomic mass is 10.5. The van der Waals surface area contributed by atoms with Gasteiger partial charge in [0, 0.05) is 6.92 Å². The molecule has 0 radical (unpaired) electrons. The van der Waals surface area contributed by atoms with Crippen LogP contribution in [0.25, 0.3) is 0 Å². The third-order valence-electron chi connectivity index (χ3n) is 0.955. The predicted molar refractivity (Wildman–Crippen MR) is 62.5 cm³/mol. The van der Waals surface area contributed by atoms with Gasteiger partial charge in [-0.05, 0) is 20.3 Å². The molecule has 0 heterocycles. The van der Waals surface area contributed by atoms with Crippen LogP contribution in [0.3, 0.4) is 0 Å². The molecule has 0 unspecified atom stereocenters. The Kier molecular flexibility index (Phi) is 21.2. The van der Waals surface area contributed by atoms with Crippen LogP contribution >= 0.6 is 0 Å². The monoisotopic (exact) mass is 250 g/mol. The molecule has 0 spiro atoms. The molecule has 0 rings (SSSR count). The van der Waals surface area contributed by atoms with E-state index in [1.165, 1.54) is 20.8 Å². The summed E-state index contributed by atoms with van der Waals surface area (Å²) in [5.41, 5.74) is 0. The van der Waals surface area contributed by atoms with Crippen LogP contribution in [-0.4, -0.2) is 47.6 Å². The summed E-state index contributed by atoms with van der Waals surface area (Å²) in [6.07, 6.45) is 0.902. The number of carbonyl (C=O) groups is 3. The van der Waals surface area contributed by atoms with Gasteiger partial charge in [0.25, 0.3) is 0 Å². The van der Waals surface area contributed by atoms with E-state index in [1.807, 2.05) is 6.92 Å². The van der Waals surface area contributed by atoms with Crippen molar-refractivity contribution in [3.63, 3.8) is 0 Å². The van der Waals surface area contributed by atoms with E-state index in [9.17, 15) is 14.4 Å². The number of hydrogen-bond donors (Lipinski definition) is 2. The lowest BCUT2D eigenvalue weighted by molar-refractivity contribution is -0.141. The molecule has 0 aliphatic rings. The Hall–Kier alpha value is -1.27. The third kappa shape index (κ3) is 52.7. The van der Waals surface area contributed by atoms with Crippen LogP contribution in [0.4, 0.5) is 0 Å². The molecule has 0 saturated heterocycles. The van der Waals surface area contributed by atoms with Crippen molar-refractivity contribution in [2.75, 3.05) is 19.8 Å². The van der Waals surface area contributed by atoms with Gasteiger partial charge >= 0.3 is 5.97 Å². The van der Waals surface area contributed by atoms with Crippen molar-refractivity contribution in [1.29, 1.82) is 0 Å². The van der Waals surface area contributed by atoms with E-state index < -0.39 is 0 Å². The summed E-state index contributed by atoms with van der Waals surface area (Å²) in [5.74, 6) is -0.572. The molecule has 102 valence electrons. The first kappa shape index (κ1) is 21.1. The Morgan fingerprint density at radius 1 is 0.941 bits per heavy atom. The van der Waals surface area contributed by atoms with Crippen molar-refractivity contribution in [2.24, 2.45) is 0 Å². The van der Waals surface area contributed by atoms with E-state index in [0.717, 1.165) is 6.42 Å². The van der Waals surface area contributed by atoms with Crippen molar-refractivity contribution >= 4 is 17.5 Å². The predicted octanol–water partition coefficient (Wildman–Crippen LogP) is 0.0949. The van der Waals surface area contributed by atoms with E-state index in [1.54, 1.807) is 0 Å². The Labute approximate surface area is 102 Å². The Bertz CT molecular complexity index is 198. The zero-order chi connectivity index (χ0) is 14.3. The van der Waals surface area contributed by atoms with Gasteiger partial charge in [-0.1, -0.05) is 6.92 Å². The average Bonchev–Trinajstić information content (AvgIpc) is 2.27. The first-order chi connectivity index (χ1) is 7.81. The fourth-order valence-electron chi connectivity index (χ4n) is 0.246. The molecule has 0 aliphatic carbocycles. The molecular formula is C11H22O6. The van der Waals surface area contributed by atoms with Gasteiger partial charge in [0.15, 0.2) is 11.6 Å². The summed E-state index contributed by atoms with van der Waals surface area (Å²) in [5, 5.41) is 15.6. The molecular weight excluding hydrogens is 228 g/mol. The van der Waals surface area contributed by atoms with E-state index in [4.69, 9.17) is 10.2 Å². The second kappa shape index (κ2) is 17.1. The summed E-state index contributed by atoms with van der Waals surface area (Å²) in [4.78, 5) is 29.1. The number of ketones is 2. The third-order valence-corrected chi connectivity index (χ3v) is 0.955. The molecule has 0 saturated carbocycles. The topological polar surface area (TPSA) is 101 Å². The van der Waals surface area contributed by atoms with Gasteiger partial charge in [-0.15, -0.1) is 0 Å². The van der Waals surface area contributed by atoms with Crippen molar-refractivity contribution in [1.82, 2.24) is 0 Å². The zero-order valence-electron chi connectivity index (χ0n) is 10.9. The van der Waals surface area contributed by atoms with Crippen LogP contribution in [0.2, 0.25) is 0 Å². The van der Waals surface area contributed by atoms with Gasteiger partial charge in [0.2, 0.25) is 0 Å². The largest absolute Gasteiger partial charge is 0.466 e. The van der Waals surface area contributed by atoms with Gasteiger partial charge in [-0.2, -0.15) is 0 Å². The minimum Gasteiger partial charge on any atom is -0.466 e. The van der Waals surface area contributed by atoms with Gasteiger partial charge in [0.1, 0.15) is 13.2 Å². The molecule has 0 fully saturated rings. The number of Topliss-reactive ketones (excluding diaryl/α,β-unsaturated/α-hetero) is 2. The van der Waals surface area contributed by atoms with E-state index in [0.29, 0.717) is 6.61 Å². The lowest BCUT2D eigenvalue weighted by Crippen LogP contribution is -1.98. The first-order valence-electron chi connectivity index (χ1n) is 5.15. The van der Waals surface area contributed by atoms with E-state index >= 15 is 0 Å². The number of ether oxygens (including phenoxy) is 1. The van der Waals surface area contributed by atoms with Crippen molar-refractivity contribution < 1.29 is 29.3 Å². The van der Waals surface area contributed by atoms with Crippen molar-refractivity contribution in [3.05, 3.63) is 0 Å². The van der Waals surface area contributed by atoms with Gasteiger partial charge in [-0.25, -0.2) is 0 Å². The SMILES string of the molecule is CC(=O)CO.CC(=O)CO.CCCOC(C)=O. The molecule has 0 amide bonds. The summed E-state index contributed by atoms with van der Waals surface area (Å²) in [6.45, 7) is 5.92. The number of carbonyl (C=O) groups excluding carboxylic acids is 3. The number of esters is 1. The molecule has 2 N–H and O–H groups in total. The van der Waals surface area contributed by atoms with Crippen LogP contribution in [-0.2, 0) is 19.1 Å². The van der Waals surface area contributed by atoms with Gasteiger partial charge in [0.05, 0.1) is 6.61 Å². The smallest absolute Gasteiger partial charge is 0.302 e. The van der Waals surface area contributed by atoms with Crippen molar-refractivity contribution in [3.8, 4) is 0 Å². The Morgan fingerprint density at radius 2 is 1.24 bits per heavy atom.